The summed E-state index contributed by atoms with van der Waals surface area (Å²) in [6, 6.07) is 5.85. The Morgan fingerprint density at radius 1 is 1.08 bits per heavy atom. The van der Waals surface area contributed by atoms with Gasteiger partial charge in [0.05, 0.1) is 16.8 Å². The monoisotopic (exact) mass is 368 g/mol. The minimum absolute atomic E-state index is 0.154. The van der Waals surface area contributed by atoms with Crippen molar-refractivity contribution in [2.45, 2.75) is 57.0 Å². The summed E-state index contributed by atoms with van der Waals surface area (Å²) in [6.07, 6.45) is 8.23. The molecule has 1 aromatic carbocycles. The Balaban J connectivity index is 1.83. The molecule has 1 saturated heterocycles. The van der Waals surface area contributed by atoms with Crippen LogP contribution in [0.1, 0.15) is 44.9 Å². The minimum Gasteiger partial charge on any atom is -0.343 e. The van der Waals surface area contributed by atoms with E-state index >= 15 is 0 Å². The number of piperidine rings is 1. The Morgan fingerprint density at radius 2 is 1.83 bits per heavy atom. The van der Waals surface area contributed by atoms with Gasteiger partial charge in [0, 0.05) is 24.2 Å². The van der Waals surface area contributed by atoms with E-state index in [0.29, 0.717) is 10.0 Å². The van der Waals surface area contributed by atoms with Crippen LogP contribution >= 0.6 is 23.2 Å². The molecule has 0 spiro atoms. The number of halogens is 2. The Kier molecular flexibility index (Phi) is 6.25. The van der Waals surface area contributed by atoms with Crippen molar-refractivity contribution in [2.24, 2.45) is 10.7 Å². The van der Waals surface area contributed by atoms with E-state index < -0.39 is 0 Å². The highest BCUT2D eigenvalue weighted by molar-refractivity contribution is 6.36. The van der Waals surface area contributed by atoms with Gasteiger partial charge in [-0.3, -0.25) is 0 Å². The fourth-order valence-electron chi connectivity index (χ4n) is 3.47. The summed E-state index contributed by atoms with van der Waals surface area (Å²) in [6.45, 7) is 2.05. The van der Waals surface area contributed by atoms with Crippen LogP contribution in [0.5, 0.6) is 0 Å². The van der Waals surface area contributed by atoms with Crippen LogP contribution in [-0.4, -0.2) is 36.0 Å². The summed E-state index contributed by atoms with van der Waals surface area (Å²) < 4.78 is 0. The second-order valence-corrected chi connectivity index (χ2v) is 7.61. The van der Waals surface area contributed by atoms with E-state index in [1.807, 2.05) is 12.1 Å². The van der Waals surface area contributed by atoms with E-state index in [0.717, 1.165) is 37.6 Å². The molecule has 0 radical (unpaired) electrons. The molecule has 2 aliphatic rings. The first-order valence-corrected chi connectivity index (χ1v) is 9.69. The number of hydrogen-bond acceptors (Lipinski definition) is 2. The first-order chi connectivity index (χ1) is 11.6. The number of guanidine groups is 1. The van der Waals surface area contributed by atoms with Gasteiger partial charge in [0.25, 0.3) is 0 Å². The van der Waals surface area contributed by atoms with E-state index in [1.165, 1.54) is 32.1 Å². The maximum Gasteiger partial charge on any atom is 0.198 e. The summed E-state index contributed by atoms with van der Waals surface area (Å²) >= 11 is 12.3. The number of anilines is 1. The Bertz CT molecular complexity index is 584. The van der Waals surface area contributed by atoms with Gasteiger partial charge < -0.3 is 16.0 Å². The molecule has 2 fully saturated rings. The fraction of sp³-hybridized carbons (Fsp3) is 0.611. The first-order valence-electron chi connectivity index (χ1n) is 8.94. The molecule has 6 heteroatoms. The average molecular weight is 369 g/mol. The molecular weight excluding hydrogens is 343 g/mol. The topological polar surface area (TPSA) is 53.6 Å². The SMILES string of the molecule is N[C@H]1CCCC[C@@H]1N=C(Nc1ccc(Cl)cc1Cl)N1CCCCC1. The Hall–Kier alpha value is -0.970. The van der Waals surface area contributed by atoms with Gasteiger partial charge in [-0.15, -0.1) is 0 Å². The lowest BCUT2D eigenvalue weighted by Crippen LogP contribution is -2.43. The zero-order chi connectivity index (χ0) is 16.9. The number of nitrogens with one attached hydrogen (secondary N) is 1. The van der Waals surface area contributed by atoms with Crippen molar-refractivity contribution in [3.63, 3.8) is 0 Å². The lowest BCUT2D eigenvalue weighted by Gasteiger charge is -2.33. The van der Waals surface area contributed by atoms with Crippen LogP contribution < -0.4 is 11.1 Å². The Morgan fingerprint density at radius 3 is 2.54 bits per heavy atom. The van der Waals surface area contributed by atoms with Gasteiger partial charge in [0.15, 0.2) is 5.96 Å². The number of benzene rings is 1. The largest absolute Gasteiger partial charge is 0.343 e. The maximum absolute atomic E-state index is 6.34. The number of hydrogen-bond donors (Lipinski definition) is 2. The zero-order valence-electron chi connectivity index (χ0n) is 14.0. The van der Waals surface area contributed by atoms with Gasteiger partial charge in [-0.25, -0.2) is 4.99 Å². The van der Waals surface area contributed by atoms with Crippen LogP contribution in [0.15, 0.2) is 23.2 Å². The smallest absolute Gasteiger partial charge is 0.198 e. The molecule has 0 amide bonds. The summed E-state index contributed by atoms with van der Waals surface area (Å²) in [5.74, 6) is 0.904. The average Bonchev–Trinajstić information content (AvgIpc) is 2.59. The molecule has 4 nitrogen and oxygen atoms in total. The molecule has 1 saturated carbocycles. The Labute approximate surface area is 154 Å². The third kappa shape index (κ3) is 4.56. The van der Waals surface area contributed by atoms with Crippen LogP contribution in [0.3, 0.4) is 0 Å². The van der Waals surface area contributed by atoms with Crippen molar-refractivity contribution in [1.29, 1.82) is 0 Å². The molecule has 0 bridgehead atoms. The standard InChI is InChI=1S/C18H26Cl2N4/c19-13-8-9-16(14(20)12-13)22-18(24-10-4-1-5-11-24)23-17-7-3-2-6-15(17)21/h8-9,12,15,17H,1-7,10-11,21H2,(H,22,23)/t15-,17-/m0/s1. The normalized spacial score (nSPS) is 25.6. The van der Waals surface area contributed by atoms with E-state index in [4.69, 9.17) is 33.9 Å². The van der Waals surface area contributed by atoms with E-state index in [2.05, 4.69) is 10.2 Å². The predicted octanol–water partition coefficient (Wildman–Crippen LogP) is 4.52. The number of aliphatic imine (C=N–C) groups is 1. The molecule has 1 heterocycles. The van der Waals surface area contributed by atoms with Crippen molar-refractivity contribution < 1.29 is 0 Å². The molecule has 1 aromatic rings. The molecule has 3 rings (SSSR count). The highest BCUT2D eigenvalue weighted by atomic mass is 35.5. The molecule has 2 atom stereocenters. The van der Waals surface area contributed by atoms with Gasteiger partial charge in [0.2, 0.25) is 0 Å². The molecule has 1 aliphatic carbocycles. The number of rotatable bonds is 2. The molecule has 1 aliphatic heterocycles. The third-order valence-electron chi connectivity index (χ3n) is 4.90. The van der Waals surface area contributed by atoms with E-state index in [9.17, 15) is 0 Å². The predicted molar refractivity (Wildman–Crippen MR) is 103 cm³/mol. The van der Waals surface area contributed by atoms with Crippen molar-refractivity contribution >= 4 is 34.8 Å². The quantitative estimate of drug-likeness (QED) is 0.595. The summed E-state index contributed by atoms with van der Waals surface area (Å²) in [5, 5.41) is 4.69. The van der Waals surface area contributed by atoms with Crippen LogP contribution in [0.2, 0.25) is 10.0 Å². The van der Waals surface area contributed by atoms with Crippen molar-refractivity contribution in [3.05, 3.63) is 28.2 Å². The lowest BCUT2D eigenvalue weighted by molar-refractivity contribution is 0.331. The molecule has 132 valence electrons. The summed E-state index contributed by atoms with van der Waals surface area (Å²) in [5.41, 5.74) is 7.15. The number of nitrogens with two attached hydrogens (primary N) is 1. The van der Waals surface area contributed by atoms with Crippen molar-refractivity contribution in [2.75, 3.05) is 18.4 Å². The van der Waals surface area contributed by atoms with Gasteiger partial charge in [0.1, 0.15) is 0 Å². The fourth-order valence-corrected chi connectivity index (χ4v) is 3.92. The highest BCUT2D eigenvalue weighted by Gasteiger charge is 2.24. The third-order valence-corrected chi connectivity index (χ3v) is 5.45. The second kappa shape index (κ2) is 8.41. The van der Waals surface area contributed by atoms with Gasteiger partial charge in [-0.1, -0.05) is 36.0 Å². The molecule has 0 unspecified atom stereocenters. The van der Waals surface area contributed by atoms with E-state index in [1.54, 1.807) is 6.07 Å². The molecular formula is C18H26Cl2N4. The van der Waals surface area contributed by atoms with Gasteiger partial charge >= 0.3 is 0 Å². The van der Waals surface area contributed by atoms with Crippen LogP contribution in [-0.2, 0) is 0 Å². The molecule has 24 heavy (non-hydrogen) atoms. The second-order valence-electron chi connectivity index (χ2n) is 6.77. The first kappa shape index (κ1) is 17.8. The van der Waals surface area contributed by atoms with Gasteiger partial charge in [-0.05, 0) is 50.3 Å². The number of likely N-dealkylation sites (tertiary alicyclic amines) is 1. The maximum atomic E-state index is 6.34. The van der Waals surface area contributed by atoms with Crippen LogP contribution in [0.4, 0.5) is 5.69 Å². The van der Waals surface area contributed by atoms with Crippen molar-refractivity contribution in [1.82, 2.24) is 4.90 Å². The highest BCUT2D eigenvalue weighted by Crippen LogP contribution is 2.27. The van der Waals surface area contributed by atoms with Crippen LogP contribution in [0.25, 0.3) is 0 Å². The number of nitrogens with zero attached hydrogens (tertiary/aromatic N) is 2. The van der Waals surface area contributed by atoms with Gasteiger partial charge in [-0.2, -0.15) is 0 Å². The lowest BCUT2D eigenvalue weighted by atomic mass is 9.91. The van der Waals surface area contributed by atoms with E-state index in [-0.39, 0.29) is 12.1 Å². The minimum atomic E-state index is 0.154. The van der Waals surface area contributed by atoms with Crippen molar-refractivity contribution in [3.8, 4) is 0 Å². The zero-order valence-corrected chi connectivity index (χ0v) is 15.5. The summed E-state index contributed by atoms with van der Waals surface area (Å²) in [4.78, 5) is 7.34. The summed E-state index contributed by atoms with van der Waals surface area (Å²) in [7, 11) is 0. The molecule has 0 aromatic heterocycles. The molecule has 3 N–H and O–H groups in total. The van der Waals surface area contributed by atoms with Crippen LogP contribution in [0, 0.1) is 0 Å².